The highest BCUT2D eigenvalue weighted by molar-refractivity contribution is 5.94. The Morgan fingerprint density at radius 1 is 0.861 bits per heavy atom. The Morgan fingerprint density at radius 2 is 1.42 bits per heavy atom. The number of phenolic OH excluding ortho intramolecular Hbond substituents is 1. The van der Waals surface area contributed by atoms with Gasteiger partial charge >= 0.3 is 11.9 Å². The van der Waals surface area contributed by atoms with Crippen LogP contribution >= 0.6 is 0 Å². The van der Waals surface area contributed by atoms with Crippen LogP contribution in [-0.2, 0) is 30.4 Å². The molecule has 0 aliphatic rings. The van der Waals surface area contributed by atoms with Gasteiger partial charge in [0, 0.05) is 12.8 Å². The quantitative estimate of drug-likeness (QED) is 0.147. The molecule has 0 saturated heterocycles. The molecule has 200 valence electrons. The van der Waals surface area contributed by atoms with Gasteiger partial charge in [-0.05, 0) is 37.0 Å². The molecule has 0 radical (unpaired) electrons. The number of aliphatic hydroxyl groups is 1. The molecule has 5 atom stereocenters. The second-order valence-electron chi connectivity index (χ2n) is 8.77. The smallest absolute Gasteiger partial charge is 0.326 e. The fourth-order valence-corrected chi connectivity index (χ4v) is 3.18. The highest BCUT2D eigenvalue weighted by Gasteiger charge is 2.33. The number of aliphatic hydroxyl groups excluding tert-OH is 1. The Morgan fingerprint density at radius 3 is 1.89 bits per heavy atom. The summed E-state index contributed by atoms with van der Waals surface area (Å²) in [6.45, 7) is 4.42. The van der Waals surface area contributed by atoms with E-state index in [-0.39, 0.29) is 25.0 Å². The fourth-order valence-electron chi connectivity index (χ4n) is 3.18. The number of carbonyl (C=O) groups is 5. The molecular weight excluding hydrogens is 476 g/mol. The number of carboxylic acids is 2. The molecule has 13 nitrogen and oxygen atoms in total. The topological polar surface area (TPSA) is 228 Å². The van der Waals surface area contributed by atoms with Crippen molar-refractivity contribution >= 4 is 29.7 Å². The molecule has 0 heterocycles. The van der Waals surface area contributed by atoms with Crippen LogP contribution in [0.15, 0.2) is 24.3 Å². The Balaban J connectivity index is 3.10. The van der Waals surface area contributed by atoms with E-state index in [1.165, 1.54) is 31.2 Å². The fraction of sp³-hybridized carbons (Fsp3) is 0.522. The molecular formula is C23H34N4O9. The molecule has 0 fully saturated rings. The van der Waals surface area contributed by atoms with Crippen LogP contribution in [0, 0.1) is 5.92 Å². The zero-order chi connectivity index (χ0) is 27.6. The zero-order valence-electron chi connectivity index (χ0n) is 20.3. The van der Waals surface area contributed by atoms with Gasteiger partial charge in [-0.2, -0.15) is 0 Å². The second-order valence-corrected chi connectivity index (χ2v) is 8.77. The van der Waals surface area contributed by atoms with Crippen LogP contribution in [0.1, 0.15) is 39.2 Å². The van der Waals surface area contributed by atoms with Crippen LogP contribution in [0.3, 0.4) is 0 Å². The number of nitrogens with two attached hydrogens (primary N) is 1. The van der Waals surface area contributed by atoms with Crippen molar-refractivity contribution in [2.75, 3.05) is 0 Å². The van der Waals surface area contributed by atoms with Gasteiger partial charge in [0.15, 0.2) is 0 Å². The molecule has 36 heavy (non-hydrogen) atoms. The number of phenols is 1. The van der Waals surface area contributed by atoms with E-state index < -0.39 is 65.8 Å². The maximum atomic E-state index is 13.0. The van der Waals surface area contributed by atoms with Crippen molar-refractivity contribution in [3.05, 3.63) is 29.8 Å². The zero-order valence-corrected chi connectivity index (χ0v) is 20.3. The Bertz CT molecular complexity index is 934. The lowest BCUT2D eigenvalue weighted by atomic mass is 10.0. The van der Waals surface area contributed by atoms with Crippen molar-refractivity contribution in [2.24, 2.45) is 11.7 Å². The molecule has 0 aromatic heterocycles. The van der Waals surface area contributed by atoms with Gasteiger partial charge in [0.1, 0.15) is 23.9 Å². The van der Waals surface area contributed by atoms with Gasteiger partial charge in [-0.3, -0.25) is 19.2 Å². The highest BCUT2D eigenvalue weighted by Crippen LogP contribution is 2.12. The largest absolute Gasteiger partial charge is 0.508 e. The Labute approximate surface area is 208 Å². The first-order valence-corrected chi connectivity index (χ1v) is 11.3. The van der Waals surface area contributed by atoms with E-state index in [9.17, 15) is 39.3 Å². The predicted molar refractivity (Wildman–Crippen MR) is 127 cm³/mol. The summed E-state index contributed by atoms with van der Waals surface area (Å²) in [5.74, 6) is -5.54. The van der Waals surface area contributed by atoms with Gasteiger partial charge in [0.05, 0.1) is 12.1 Å². The van der Waals surface area contributed by atoms with Gasteiger partial charge in [-0.25, -0.2) is 4.79 Å². The van der Waals surface area contributed by atoms with Crippen LogP contribution in [0.5, 0.6) is 5.75 Å². The molecule has 9 N–H and O–H groups in total. The first kappa shape index (κ1) is 30.3. The molecule has 0 saturated carbocycles. The maximum Gasteiger partial charge on any atom is 0.326 e. The van der Waals surface area contributed by atoms with Crippen LogP contribution < -0.4 is 21.7 Å². The highest BCUT2D eigenvalue weighted by atomic mass is 16.4. The summed E-state index contributed by atoms with van der Waals surface area (Å²) < 4.78 is 0. The molecule has 0 aliphatic carbocycles. The molecule has 0 spiro atoms. The van der Waals surface area contributed by atoms with Gasteiger partial charge in [-0.15, -0.1) is 0 Å². The second kappa shape index (κ2) is 14.0. The molecule has 3 amide bonds. The minimum absolute atomic E-state index is 0.0225. The normalized spacial score (nSPS) is 15.2. The number of rotatable bonds is 14. The molecule has 1 aromatic carbocycles. The van der Waals surface area contributed by atoms with Crippen molar-refractivity contribution < 1.29 is 44.4 Å². The maximum absolute atomic E-state index is 13.0. The average molecular weight is 511 g/mol. The summed E-state index contributed by atoms with van der Waals surface area (Å²) in [5.41, 5.74) is 6.19. The van der Waals surface area contributed by atoms with Crippen molar-refractivity contribution in [1.82, 2.24) is 16.0 Å². The molecule has 0 aliphatic heterocycles. The lowest BCUT2D eigenvalue weighted by Crippen LogP contribution is -2.60. The number of aromatic hydroxyl groups is 1. The third kappa shape index (κ3) is 9.88. The number of hydrogen-bond acceptors (Lipinski definition) is 8. The summed E-state index contributed by atoms with van der Waals surface area (Å²) in [6.07, 6.45) is -2.09. The third-order valence-electron chi connectivity index (χ3n) is 5.31. The standard InChI is InChI=1S/C23H34N4O9/c1-11(2)18(23(35)36)26-21(33)16(10-13-4-6-14(29)7-5-13)25-22(34)19(12(3)28)27-20(32)15(24)8-9-17(30)31/h4-7,11-12,15-16,18-19,28-29H,8-10,24H2,1-3H3,(H,25,34)(H,26,33)(H,27,32)(H,30,31)(H,35,36). The van der Waals surface area contributed by atoms with Crippen molar-refractivity contribution in [3.8, 4) is 5.75 Å². The van der Waals surface area contributed by atoms with Crippen molar-refractivity contribution in [2.45, 2.75) is 70.3 Å². The monoisotopic (exact) mass is 510 g/mol. The molecule has 1 aromatic rings. The molecule has 13 heteroatoms. The number of amides is 3. The first-order chi connectivity index (χ1) is 16.7. The Kier molecular flexibility index (Phi) is 11.8. The summed E-state index contributed by atoms with van der Waals surface area (Å²) in [6, 6.07) is 0.424. The van der Waals surface area contributed by atoms with Crippen molar-refractivity contribution in [1.29, 1.82) is 0 Å². The van der Waals surface area contributed by atoms with Crippen LogP contribution in [0.25, 0.3) is 0 Å². The lowest BCUT2D eigenvalue weighted by Gasteiger charge is -2.27. The van der Waals surface area contributed by atoms with E-state index in [2.05, 4.69) is 16.0 Å². The summed E-state index contributed by atoms with van der Waals surface area (Å²) in [4.78, 5) is 60.5. The Hall–Kier alpha value is -3.71. The molecule has 1 rings (SSSR count). The minimum Gasteiger partial charge on any atom is -0.508 e. The van der Waals surface area contributed by atoms with E-state index in [4.69, 9.17) is 10.8 Å². The summed E-state index contributed by atoms with van der Waals surface area (Å²) in [5, 5.41) is 44.8. The van der Waals surface area contributed by atoms with Crippen LogP contribution in [0.4, 0.5) is 0 Å². The molecule has 0 bridgehead atoms. The lowest BCUT2D eigenvalue weighted by molar-refractivity contribution is -0.143. The van der Waals surface area contributed by atoms with E-state index >= 15 is 0 Å². The van der Waals surface area contributed by atoms with Gasteiger partial charge in [-0.1, -0.05) is 26.0 Å². The van der Waals surface area contributed by atoms with E-state index in [1.807, 2.05) is 0 Å². The van der Waals surface area contributed by atoms with Gasteiger partial charge in [0.2, 0.25) is 17.7 Å². The third-order valence-corrected chi connectivity index (χ3v) is 5.31. The van der Waals surface area contributed by atoms with E-state index in [0.717, 1.165) is 0 Å². The number of benzene rings is 1. The molecule has 5 unspecified atom stereocenters. The average Bonchev–Trinajstić information content (AvgIpc) is 2.79. The van der Waals surface area contributed by atoms with Gasteiger partial charge < -0.3 is 42.1 Å². The van der Waals surface area contributed by atoms with Crippen LogP contribution in [-0.4, -0.2) is 80.4 Å². The SMILES string of the molecule is CC(C)C(NC(=O)C(Cc1ccc(O)cc1)NC(=O)C(NC(=O)C(N)CCC(=O)O)C(C)O)C(=O)O. The van der Waals surface area contributed by atoms with E-state index in [0.29, 0.717) is 5.56 Å². The number of aliphatic carboxylic acids is 2. The van der Waals surface area contributed by atoms with Gasteiger partial charge in [0.25, 0.3) is 0 Å². The number of hydrogen-bond donors (Lipinski definition) is 8. The number of carbonyl (C=O) groups excluding carboxylic acids is 3. The minimum atomic E-state index is -1.54. The van der Waals surface area contributed by atoms with Crippen molar-refractivity contribution in [3.63, 3.8) is 0 Å². The summed E-state index contributed by atoms with van der Waals surface area (Å²) >= 11 is 0. The number of nitrogens with one attached hydrogen (secondary N) is 3. The van der Waals surface area contributed by atoms with E-state index in [1.54, 1.807) is 13.8 Å². The predicted octanol–water partition coefficient (Wildman–Crippen LogP) is -1.30. The summed E-state index contributed by atoms with van der Waals surface area (Å²) in [7, 11) is 0. The first-order valence-electron chi connectivity index (χ1n) is 11.3. The number of carboxylic acid groups (broad SMARTS) is 2. The van der Waals surface area contributed by atoms with Crippen LogP contribution in [0.2, 0.25) is 0 Å².